The van der Waals surface area contributed by atoms with E-state index >= 15 is 0 Å². The fourth-order valence-electron chi connectivity index (χ4n) is 5.21. The Morgan fingerprint density at radius 2 is 1.83 bits per heavy atom. The standard InChI is InChI=1S/C23H25N3O2.ClH/c1-28-21-20(26-22(27)19-14-15-6-2-5-9-18(15)25-19)16-7-3-4-8-17(16)23(21)10-12-24-13-11-23;/h2-9,14,20-21,24-25H,10-13H2,1H3,(H,26,27);1H/t20-,21+;/m1./s1. The Morgan fingerprint density at radius 1 is 1.10 bits per heavy atom. The average molecular weight is 412 g/mol. The summed E-state index contributed by atoms with van der Waals surface area (Å²) in [4.78, 5) is 16.3. The van der Waals surface area contributed by atoms with Crippen molar-refractivity contribution in [3.8, 4) is 0 Å². The number of carbonyl (C=O) groups excluding carboxylic acids is 1. The Labute approximate surface area is 176 Å². The molecule has 0 unspecified atom stereocenters. The van der Waals surface area contributed by atoms with E-state index in [1.165, 1.54) is 11.1 Å². The molecule has 1 spiro atoms. The number of carbonyl (C=O) groups is 1. The van der Waals surface area contributed by atoms with E-state index < -0.39 is 0 Å². The van der Waals surface area contributed by atoms with Crippen LogP contribution in [0.15, 0.2) is 54.6 Å². The van der Waals surface area contributed by atoms with Crippen molar-refractivity contribution < 1.29 is 9.53 Å². The van der Waals surface area contributed by atoms with Gasteiger partial charge < -0.3 is 20.4 Å². The van der Waals surface area contributed by atoms with E-state index in [9.17, 15) is 4.79 Å². The number of fused-ring (bicyclic) bond motifs is 3. The highest BCUT2D eigenvalue weighted by atomic mass is 35.5. The molecule has 3 aromatic rings. The topological polar surface area (TPSA) is 66.1 Å². The van der Waals surface area contributed by atoms with Crippen LogP contribution in [0.2, 0.25) is 0 Å². The van der Waals surface area contributed by atoms with Gasteiger partial charge in [-0.15, -0.1) is 12.4 Å². The Kier molecular flexibility index (Phi) is 5.38. The fourth-order valence-corrected chi connectivity index (χ4v) is 5.21. The minimum absolute atomic E-state index is 0. The van der Waals surface area contributed by atoms with Crippen molar-refractivity contribution in [2.45, 2.75) is 30.4 Å². The number of aromatic amines is 1. The summed E-state index contributed by atoms with van der Waals surface area (Å²) in [6, 6.07) is 18.2. The predicted octanol–water partition coefficient (Wildman–Crippen LogP) is 3.71. The van der Waals surface area contributed by atoms with Crippen LogP contribution in [0.5, 0.6) is 0 Å². The van der Waals surface area contributed by atoms with E-state index in [-0.39, 0.29) is 35.9 Å². The van der Waals surface area contributed by atoms with Gasteiger partial charge in [-0.25, -0.2) is 0 Å². The lowest BCUT2D eigenvalue weighted by atomic mass is 9.72. The minimum atomic E-state index is -0.154. The van der Waals surface area contributed by atoms with E-state index in [0.29, 0.717) is 5.69 Å². The summed E-state index contributed by atoms with van der Waals surface area (Å²) in [6.07, 6.45) is 1.96. The third kappa shape index (κ3) is 3.14. The smallest absolute Gasteiger partial charge is 0.268 e. The SMILES string of the molecule is CO[C@H]1[C@H](NC(=O)c2cc3ccccc3[nH]2)c2ccccc2C12CCNCC2.Cl. The lowest BCUT2D eigenvalue weighted by molar-refractivity contribution is 0.00393. The van der Waals surface area contributed by atoms with Crippen molar-refractivity contribution in [1.29, 1.82) is 0 Å². The molecule has 2 aliphatic rings. The molecule has 6 heteroatoms. The normalized spacial score (nSPS) is 22.2. The molecule has 0 bridgehead atoms. The third-order valence-electron chi connectivity index (χ3n) is 6.49. The summed E-state index contributed by atoms with van der Waals surface area (Å²) in [6.45, 7) is 1.94. The molecule has 1 aliphatic carbocycles. The Balaban J connectivity index is 0.00000205. The number of rotatable bonds is 3. The number of para-hydroxylation sites is 1. The average Bonchev–Trinajstić information content (AvgIpc) is 3.27. The molecule has 0 radical (unpaired) electrons. The molecule has 3 N–H and O–H groups in total. The number of H-pyrrole nitrogens is 1. The van der Waals surface area contributed by atoms with Gasteiger partial charge in [0.2, 0.25) is 0 Å². The lowest BCUT2D eigenvalue weighted by Gasteiger charge is -2.40. The maximum absolute atomic E-state index is 13.1. The van der Waals surface area contributed by atoms with Crippen molar-refractivity contribution >= 4 is 29.2 Å². The van der Waals surface area contributed by atoms with E-state index in [0.717, 1.165) is 36.8 Å². The van der Waals surface area contributed by atoms with Crippen molar-refractivity contribution in [3.63, 3.8) is 0 Å². The number of methoxy groups -OCH3 is 1. The number of hydrogen-bond donors (Lipinski definition) is 3. The maximum Gasteiger partial charge on any atom is 0.268 e. The monoisotopic (exact) mass is 411 g/mol. The van der Waals surface area contributed by atoms with E-state index in [4.69, 9.17) is 4.74 Å². The quantitative estimate of drug-likeness (QED) is 0.615. The van der Waals surface area contributed by atoms with Crippen LogP contribution in [-0.2, 0) is 10.2 Å². The summed E-state index contributed by atoms with van der Waals surface area (Å²) in [7, 11) is 1.77. The zero-order chi connectivity index (χ0) is 19.1. The summed E-state index contributed by atoms with van der Waals surface area (Å²) >= 11 is 0. The van der Waals surface area contributed by atoms with Crippen LogP contribution in [0.1, 0.15) is 40.5 Å². The van der Waals surface area contributed by atoms with Gasteiger partial charge in [0.1, 0.15) is 5.69 Å². The van der Waals surface area contributed by atoms with Crippen LogP contribution in [-0.4, -0.2) is 37.2 Å². The molecule has 5 rings (SSSR count). The molecule has 1 amide bonds. The molecule has 1 aromatic heterocycles. The second kappa shape index (κ2) is 7.82. The number of benzene rings is 2. The van der Waals surface area contributed by atoms with Gasteiger partial charge in [0.25, 0.3) is 5.91 Å². The molecule has 1 saturated heterocycles. The van der Waals surface area contributed by atoms with Gasteiger partial charge in [0, 0.05) is 23.4 Å². The molecular formula is C23H26ClN3O2. The molecule has 2 aromatic carbocycles. The van der Waals surface area contributed by atoms with Crippen molar-refractivity contribution in [2.75, 3.05) is 20.2 Å². The number of nitrogens with one attached hydrogen (secondary N) is 3. The molecule has 2 heterocycles. The van der Waals surface area contributed by atoms with Crippen LogP contribution in [0.3, 0.4) is 0 Å². The zero-order valence-corrected chi connectivity index (χ0v) is 17.2. The van der Waals surface area contributed by atoms with E-state index in [1.54, 1.807) is 7.11 Å². The summed E-state index contributed by atoms with van der Waals surface area (Å²) in [5.41, 5.74) is 4.01. The van der Waals surface area contributed by atoms with Gasteiger partial charge in [-0.2, -0.15) is 0 Å². The minimum Gasteiger partial charge on any atom is -0.378 e. The fraction of sp³-hybridized carbons (Fsp3) is 0.348. The highest BCUT2D eigenvalue weighted by Crippen LogP contribution is 2.51. The molecule has 0 saturated carbocycles. The first-order valence-electron chi connectivity index (χ1n) is 9.94. The first-order chi connectivity index (χ1) is 13.7. The molecular weight excluding hydrogens is 386 g/mol. The van der Waals surface area contributed by atoms with Crippen molar-refractivity contribution in [2.24, 2.45) is 0 Å². The highest BCUT2D eigenvalue weighted by Gasteiger charge is 2.53. The largest absolute Gasteiger partial charge is 0.378 e. The first-order valence-corrected chi connectivity index (χ1v) is 9.94. The van der Waals surface area contributed by atoms with Gasteiger partial charge in [-0.3, -0.25) is 4.79 Å². The molecule has 1 aliphatic heterocycles. The molecule has 29 heavy (non-hydrogen) atoms. The van der Waals surface area contributed by atoms with Crippen molar-refractivity contribution in [3.05, 3.63) is 71.4 Å². The molecule has 152 valence electrons. The van der Waals surface area contributed by atoms with Crippen LogP contribution < -0.4 is 10.6 Å². The summed E-state index contributed by atoms with van der Waals surface area (Å²) in [5.74, 6) is -0.0935. The van der Waals surface area contributed by atoms with Gasteiger partial charge >= 0.3 is 0 Å². The maximum atomic E-state index is 13.1. The van der Waals surface area contributed by atoms with E-state index in [2.05, 4.69) is 33.8 Å². The zero-order valence-electron chi connectivity index (χ0n) is 16.4. The van der Waals surface area contributed by atoms with E-state index in [1.807, 2.05) is 36.4 Å². The van der Waals surface area contributed by atoms with Gasteiger partial charge in [-0.1, -0.05) is 42.5 Å². The lowest BCUT2D eigenvalue weighted by Crippen LogP contribution is -2.49. The van der Waals surface area contributed by atoms with Gasteiger partial charge in [-0.05, 0) is 49.2 Å². The summed E-state index contributed by atoms with van der Waals surface area (Å²) < 4.78 is 6.04. The number of amides is 1. The molecule has 1 fully saturated rings. The number of hydrogen-bond acceptors (Lipinski definition) is 3. The van der Waals surface area contributed by atoms with Crippen LogP contribution in [0, 0.1) is 0 Å². The third-order valence-corrected chi connectivity index (χ3v) is 6.49. The Bertz CT molecular complexity index is 993. The van der Waals surface area contributed by atoms with Gasteiger partial charge in [0.05, 0.1) is 12.1 Å². The molecule has 2 atom stereocenters. The number of halogens is 1. The predicted molar refractivity (Wildman–Crippen MR) is 117 cm³/mol. The Hall–Kier alpha value is -2.34. The van der Waals surface area contributed by atoms with Crippen molar-refractivity contribution in [1.82, 2.24) is 15.6 Å². The van der Waals surface area contributed by atoms with Gasteiger partial charge in [0.15, 0.2) is 0 Å². The summed E-state index contributed by atoms with van der Waals surface area (Å²) in [5, 5.41) is 7.77. The van der Waals surface area contributed by atoms with Crippen LogP contribution in [0.4, 0.5) is 0 Å². The molecule has 5 nitrogen and oxygen atoms in total. The Morgan fingerprint density at radius 3 is 2.59 bits per heavy atom. The first kappa shape index (κ1) is 20.0. The number of ether oxygens (including phenoxy) is 1. The second-order valence-electron chi connectivity index (χ2n) is 7.87. The number of aromatic nitrogens is 1. The highest BCUT2D eigenvalue weighted by molar-refractivity contribution is 5.98. The van der Waals surface area contributed by atoms with Crippen LogP contribution >= 0.6 is 12.4 Å². The number of piperidine rings is 1. The van der Waals surface area contributed by atoms with Crippen LogP contribution in [0.25, 0.3) is 10.9 Å². The second-order valence-corrected chi connectivity index (χ2v) is 7.87.